The van der Waals surface area contributed by atoms with Crippen LogP contribution in [-0.4, -0.2) is 160 Å². The van der Waals surface area contributed by atoms with Crippen LogP contribution < -0.4 is 53.8 Å². The number of nitrogens with zero attached hydrogens (tertiary/aromatic N) is 7. The number of para-hydroxylation sites is 4. The van der Waals surface area contributed by atoms with E-state index in [0.29, 0.717) is 135 Å². The molecule has 10 rings (SSSR count). The van der Waals surface area contributed by atoms with Gasteiger partial charge >= 0.3 is 0 Å². The van der Waals surface area contributed by atoms with Gasteiger partial charge in [-0.2, -0.15) is 14.8 Å². The zero-order valence-corrected chi connectivity index (χ0v) is 54.2. The van der Waals surface area contributed by atoms with E-state index in [1.54, 1.807) is 58.1 Å². The molecule has 0 spiro atoms. The Kier molecular flexibility index (Phi) is 28.6. The molecule has 2 aliphatic rings. The summed E-state index contributed by atoms with van der Waals surface area (Å²) in [4.78, 5) is 11.3. The van der Waals surface area contributed by atoms with E-state index in [0.717, 1.165) is 74.4 Å². The first-order valence-corrected chi connectivity index (χ1v) is 32.8. The number of hydrogen-bond acceptors (Lipinski definition) is 19. The van der Waals surface area contributed by atoms with Gasteiger partial charge in [0.25, 0.3) is 0 Å². The molecule has 22 nitrogen and oxygen atoms in total. The van der Waals surface area contributed by atoms with Gasteiger partial charge in [0, 0.05) is 117 Å². The van der Waals surface area contributed by atoms with E-state index in [9.17, 15) is 23.2 Å². The topological polar surface area (TPSA) is 276 Å². The van der Waals surface area contributed by atoms with Crippen LogP contribution in [0.15, 0.2) is 134 Å². The number of methoxy groups -OCH3 is 4. The fraction of sp³-hybridized carbons (Fsp3) is 0.343. The van der Waals surface area contributed by atoms with Gasteiger partial charge in [0.05, 0.1) is 91.9 Å². The van der Waals surface area contributed by atoms with E-state index in [-0.39, 0.29) is 18.7 Å². The summed E-state index contributed by atoms with van der Waals surface area (Å²) in [5.74, 6) is 7.53. The maximum Gasteiger partial charge on any atom is 0.213 e. The minimum atomic E-state index is -2.93. The lowest BCUT2D eigenvalue weighted by molar-refractivity contribution is 0.177. The number of nitriles is 2. The smallest absolute Gasteiger partial charge is 0.213 e. The molecule has 1 unspecified atom stereocenters. The normalized spacial score (nSPS) is 13.5. The molecule has 6 aromatic carbocycles. The van der Waals surface area contributed by atoms with Gasteiger partial charge in [-0.25, -0.2) is 16.9 Å². The zero-order chi connectivity index (χ0) is 63.8. The first-order valence-electron chi connectivity index (χ1n) is 29.4. The second kappa shape index (κ2) is 36.4. The van der Waals surface area contributed by atoms with Crippen molar-refractivity contribution in [1.29, 1.82) is 10.5 Å². The maximum absolute atomic E-state index is 12.0. The summed E-state index contributed by atoms with van der Waals surface area (Å²) in [5, 5.41) is 30.9. The number of halogens is 1. The lowest BCUT2D eigenvalue weighted by atomic mass is 10.1. The molecule has 2 fully saturated rings. The molecular weight excluding hydrogens is 1240 g/mol. The highest BCUT2D eigenvalue weighted by molar-refractivity contribution is 7.89. The molecule has 2 aromatic heterocycles. The number of hydrogen-bond donors (Lipinski definition) is 3. The summed E-state index contributed by atoms with van der Waals surface area (Å²) in [6.45, 7) is 11.8. The van der Waals surface area contributed by atoms with Crippen molar-refractivity contribution in [3.05, 3.63) is 145 Å². The molecule has 0 aliphatic carbocycles. The number of fused-ring (bicyclic) bond motifs is 2. The number of benzene rings is 6. The van der Waals surface area contributed by atoms with Crippen LogP contribution in [0.4, 0.5) is 22.7 Å². The molecule has 8 aromatic rings. The summed E-state index contributed by atoms with van der Waals surface area (Å²) >= 11 is 5.76. The van der Waals surface area contributed by atoms with Crippen molar-refractivity contribution in [1.82, 2.24) is 28.8 Å². The van der Waals surface area contributed by atoms with Crippen molar-refractivity contribution >= 4 is 77.2 Å². The van der Waals surface area contributed by atoms with Crippen LogP contribution in [0.3, 0.4) is 0 Å². The monoisotopic (exact) mass is 1320 g/mol. The summed E-state index contributed by atoms with van der Waals surface area (Å²) in [6.07, 6.45) is 4.67. The lowest BCUT2D eigenvalue weighted by Gasteiger charge is -2.33. The summed E-state index contributed by atoms with van der Waals surface area (Å²) in [5.41, 5.74) is 4.98. The number of nitrogens with one attached hydrogen (secondary N) is 3. The Balaban J connectivity index is 0.000000250. The van der Waals surface area contributed by atoms with E-state index in [1.165, 1.54) is 0 Å². The van der Waals surface area contributed by atoms with Crippen molar-refractivity contribution in [2.75, 3.05) is 129 Å². The zero-order valence-electron chi connectivity index (χ0n) is 51.8. The quantitative estimate of drug-likeness (QED) is 0.0354. The Morgan fingerprint density at radius 1 is 0.598 bits per heavy atom. The van der Waals surface area contributed by atoms with Crippen molar-refractivity contribution in [2.45, 2.75) is 34.1 Å². The molecular formula is C67H81ClN10O12S2. The first kappa shape index (κ1) is 72.4. The standard InChI is InChI=1S/C33H37N5O5S.C27H24ClN3O4.C6H14N2O2S.CH4.H2O/c1-4-44(39)38-17-15-37(16-18-38)14-7-19-42-32-21-28-27(20-31(32)41-3)33(24(22-34)23-35-28)36-25-10-12-26(13-11-25)43-30-9-6-5-8-29(30)40-2;1-32-23-6-3-4-7-24(23)35-20-10-8-19(9-11-20)31-27-18(16-29)17-30-22-15-26(34-13-5-12-28)25(33-2)14-21(22)27;1-2-11(9,10)8-5-3-7-4-6-8;;/h5-6,8-13,20-21,23H,4,7,14-19H2,1-3H3,(H,35,36);3-4,6-11,14-15,17H,5,12-13H2,1-2H3,(H,30,31);7H,2-6H2,1H3;1H4;1H2. The molecule has 2 saturated heterocycles. The number of rotatable bonds is 25. The molecule has 0 amide bonds. The average molecular weight is 1320 g/mol. The second-order valence-corrected chi connectivity index (χ2v) is 24.6. The average Bonchev–Trinajstić information content (AvgIpc) is 0.796. The predicted molar refractivity (Wildman–Crippen MR) is 363 cm³/mol. The van der Waals surface area contributed by atoms with Crippen LogP contribution in [0.25, 0.3) is 21.8 Å². The molecule has 92 heavy (non-hydrogen) atoms. The van der Waals surface area contributed by atoms with Crippen LogP contribution in [-0.2, 0) is 21.0 Å². The van der Waals surface area contributed by atoms with Crippen molar-refractivity contribution in [3.8, 4) is 69.6 Å². The molecule has 0 radical (unpaired) electrons. The number of sulfonamides is 1. The first-order chi connectivity index (χ1) is 43.8. The Labute approximate surface area is 546 Å². The number of alkyl halides is 1. The largest absolute Gasteiger partial charge is 0.493 e. The van der Waals surface area contributed by atoms with Crippen LogP contribution >= 0.6 is 11.6 Å². The Morgan fingerprint density at radius 3 is 1.43 bits per heavy atom. The van der Waals surface area contributed by atoms with Gasteiger partial charge in [0.2, 0.25) is 10.0 Å². The molecule has 2 aliphatic heterocycles. The van der Waals surface area contributed by atoms with Gasteiger partial charge in [0.15, 0.2) is 46.0 Å². The highest BCUT2D eigenvalue weighted by Gasteiger charge is 2.23. The maximum atomic E-state index is 12.0. The van der Waals surface area contributed by atoms with Crippen molar-refractivity contribution in [2.24, 2.45) is 0 Å². The summed E-state index contributed by atoms with van der Waals surface area (Å²) in [7, 11) is 2.58. The molecule has 0 saturated carbocycles. The predicted octanol–water partition coefficient (Wildman–Crippen LogP) is 11.4. The molecule has 1 atom stereocenters. The Bertz CT molecular complexity index is 3880. The molecule has 490 valence electrons. The highest BCUT2D eigenvalue weighted by Crippen LogP contribution is 2.40. The van der Waals surface area contributed by atoms with Gasteiger partial charge in [-0.15, -0.1) is 11.6 Å². The van der Waals surface area contributed by atoms with Crippen LogP contribution in [0.1, 0.15) is 45.2 Å². The number of anilines is 4. The molecule has 25 heteroatoms. The second-order valence-electron chi connectivity index (χ2n) is 20.2. The third-order valence-corrected chi connectivity index (χ3v) is 18.1. The number of ether oxygens (including phenoxy) is 8. The SMILES string of the molecule is C.CCS(=O)(=O)N1CCNCC1.CCS(=O)N1CCN(CCCOc2cc3ncc(C#N)c(Nc4ccc(Oc5ccccc5OC)cc4)c3cc2OC)CC1.COc1cc2c(Nc3ccc(Oc4ccccc4OC)cc3)c(C#N)cnc2cc1OCCCCl.O. The van der Waals surface area contributed by atoms with Gasteiger partial charge in [-0.05, 0) is 105 Å². The Morgan fingerprint density at radius 2 is 1.03 bits per heavy atom. The number of pyridine rings is 2. The van der Waals surface area contributed by atoms with E-state index in [1.807, 2.05) is 126 Å². The molecule has 0 bridgehead atoms. The molecule has 4 heterocycles. The Hall–Kier alpha value is -8.69. The summed E-state index contributed by atoms with van der Waals surface area (Å²) in [6, 6.07) is 41.6. The fourth-order valence-corrected chi connectivity index (χ4v) is 11.8. The number of piperazine rings is 2. The minimum Gasteiger partial charge on any atom is -0.493 e. The van der Waals surface area contributed by atoms with Gasteiger partial charge in [-0.1, -0.05) is 38.6 Å². The van der Waals surface area contributed by atoms with Crippen molar-refractivity contribution in [3.63, 3.8) is 0 Å². The van der Waals surface area contributed by atoms with E-state index in [2.05, 4.69) is 43.0 Å². The minimum absolute atomic E-state index is 0. The fourth-order valence-electron chi connectivity index (χ4n) is 9.70. The van der Waals surface area contributed by atoms with E-state index >= 15 is 0 Å². The lowest BCUT2D eigenvalue weighted by Crippen LogP contribution is -2.47. The third kappa shape index (κ3) is 19.4. The van der Waals surface area contributed by atoms with Gasteiger partial charge in [0.1, 0.15) is 23.6 Å². The van der Waals surface area contributed by atoms with E-state index < -0.39 is 21.0 Å². The highest BCUT2D eigenvalue weighted by atomic mass is 35.5. The van der Waals surface area contributed by atoms with Gasteiger partial charge < -0.3 is 64.2 Å². The van der Waals surface area contributed by atoms with Crippen LogP contribution in [0, 0.1) is 22.7 Å². The van der Waals surface area contributed by atoms with Gasteiger partial charge in [-0.3, -0.25) is 9.97 Å². The van der Waals surface area contributed by atoms with Crippen molar-refractivity contribution < 1.29 is 56.0 Å². The molecule has 5 N–H and O–H groups in total. The van der Waals surface area contributed by atoms with Crippen LogP contribution in [0.2, 0.25) is 0 Å². The van der Waals surface area contributed by atoms with E-state index in [4.69, 9.17) is 49.5 Å². The third-order valence-electron chi connectivity index (χ3n) is 14.5. The number of aromatic nitrogens is 2. The summed E-state index contributed by atoms with van der Waals surface area (Å²) < 4.78 is 84.0. The van der Waals surface area contributed by atoms with Crippen LogP contribution in [0.5, 0.6) is 57.5 Å².